The molecule has 0 aliphatic carbocycles. The minimum absolute atomic E-state index is 0.288. The van der Waals surface area contributed by atoms with Crippen LogP contribution in [-0.2, 0) is 5.33 Å². The monoisotopic (exact) mass is 297 g/mol. The Bertz CT molecular complexity index is 379. The Hall–Kier alpha value is -0.500. The fourth-order valence-corrected chi connectivity index (χ4v) is 2.48. The predicted molar refractivity (Wildman–Crippen MR) is 81.1 cm³/mol. The Labute approximate surface area is 114 Å². The van der Waals surface area contributed by atoms with E-state index in [1.165, 1.54) is 16.8 Å². The van der Waals surface area contributed by atoms with Gasteiger partial charge in [0.25, 0.3) is 0 Å². The molecule has 0 bridgehead atoms. The first-order chi connectivity index (χ1) is 7.77. The van der Waals surface area contributed by atoms with Crippen LogP contribution in [0, 0.1) is 12.3 Å². The van der Waals surface area contributed by atoms with Crippen molar-refractivity contribution in [3.63, 3.8) is 0 Å². The van der Waals surface area contributed by atoms with Crippen LogP contribution >= 0.6 is 15.9 Å². The third-order valence-electron chi connectivity index (χ3n) is 3.71. The highest BCUT2D eigenvalue weighted by atomic mass is 79.9. The van der Waals surface area contributed by atoms with Crippen LogP contribution in [0.15, 0.2) is 18.2 Å². The van der Waals surface area contributed by atoms with Crippen LogP contribution < -0.4 is 4.90 Å². The number of benzene rings is 1. The number of alkyl halides is 1. The van der Waals surface area contributed by atoms with Gasteiger partial charge < -0.3 is 4.90 Å². The molecule has 96 valence electrons. The van der Waals surface area contributed by atoms with E-state index in [0.717, 1.165) is 5.33 Å². The lowest BCUT2D eigenvalue weighted by atomic mass is 9.87. The van der Waals surface area contributed by atoms with Gasteiger partial charge in [-0.1, -0.05) is 42.8 Å². The molecule has 0 aliphatic rings. The van der Waals surface area contributed by atoms with Crippen LogP contribution in [0.5, 0.6) is 0 Å². The maximum Gasteiger partial charge on any atom is 0.0369 e. The number of rotatable bonds is 3. The number of hydrogen-bond acceptors (Lipinski definition) is 1. The molecular weight excluding hydrogens is 274 g/mol. The summed E-state index contributed by atoms with van der Waals surface area (Å²) in [6.07, 6.45) is 0. The second kappa shape index (κ2) is 5.43. The normalized spacial score (nSPS) is 13.6. The number of halogens is 1. The van der Waals surface area contributed by atoms with Crippen molar-refractivity contribution in [2.75, 3.05) is 11.9 Å². The van der Waals surface area contributed by atoms with Crippen LogP contribution in [-0.4, -0.2) is 13.1 Å². The first-order valence-corrected chi connectivity index (χ1v) is 7.28. The maximum absolute atomic E-state index is 3.52. The van der Waals surface area contributed by atoms with E-state index in [1.54, 1.807) is 0 Å². The molecule has 1 rings (SSSR count). The van der Waals surface area contributed by atoms with Crippen LogP contribution in [0.1, 0.15) is 38.8 Å². The average molecular weight is 298 g/mol. The minimum atomic E-state index is 0.288. The van der Waals surface area contributed by atoms with E-state index < -0.39 is 0 Å². The van der Waals surface area contributed by atoms with Gasteiger partial charge >= 0.3 is 0 Å². The van der Waals surface area contributed by atoms with Gasteiger partial charge in [0.2, 0.25) is 0 Å². The van der Waals surface area contributed by atoms with Crippen molar-refractivity contribution in [1.29, 1.82) is 0 Å². The Kier molecular flexibility index (Phi) is 4.65. The fourth-order valence-electron chi connectivity index (χ4n) is 1.85. The van der Waals surface area contributed by atoms with E-state index >= 15 is 0 Å². The van der Waals surface area contributed by atoms with Crippen molar-refractivity contribution in [3.05, 3.63) is 29.3 Å². The van der Waals surface area contributed by atoms with Crippen molar-refractivity contribution in [2.45, 2.75) is 46.0 Å². The van der Waals surface area contributed by atoms with Crippen molar-refractivity contribution < 1.29 is 0 Å². The van der Waals surface area contributed by atoms with E-state index in [9.17, 15) is 0 Å². The van der Waals surface area contributed by atoms with Crippen molar-refractivity contribution in [2.24, 2.45) is 5.41 Å². The zero-order valence-corrected chi connectivity index (χ0v) is 13.4. The summed E-state index contributed by atoms with van der Waals surface area (Å²) in [5, 5.41) is 0.928. The highest BCUT2D eigenvalue weighted by Crippen LogP contribution is 2.28. The molecular formula is C15H24BrN. The smallest absolute Gasteiger partial charge is 0.0369 e. The molecule has 0 saturated carbocycles. The molecule has 1 nitrogen and oxygen atoms in total. The molecule has 1 aromatic rings. The van der Waals surface area contributed by atoms with Gasteiger partial charge in [0.1, 0.15) is 0 Å². The highest BCUT2D eigenvalue weighted by molar-refractivity contribution is 9.08. The van der Waals surface area contributed by atoms with Crippen molar-refractivity contribution >= 4 is 21.6 Å². The molecule has 0 heterocycles. The van der Waals surface area contributed by atoms with Gasteiger partial charge in [0.05, 0.1) is 0 Å². The Morgan fingerprint density at radius 1 is 1.29 bits per heavy atom. The van der Waals surface area contributed by atoms with E-state index in [4.69, 9.17) is 0 Å². The van der Waals surface area contributed by atoms with Gasteiger partial charge in [0.15, 0.2) is 0 Å². The number of hydrogen-bond donors (Lipinski definition) is 0. The minimum Gasteiger partial charge on any atom is -0.371 e. The third kappa shape index (κ3) is 3.48. The maximum atomic E-state index is 3.52. The molecule has 0 aliphatic heterocycles. The Balaban J connectivity index is 2.97. The lowest BCUT2D eigenvalue weighted by Gasteiger charge is -2.37. The molecule has 0 amide bonds. The van der Waals surface area contributed by atoms with Crippen LogP contribution in [0.4, 0.5) is 5.69 Å². The molecule has 0 saturated heterocycles. The lowest BCUT2D eigenvalue weighted by molar-refractivity contribution is 0.330. The van der Waals surface area contributed by atoms with Gasteiger partial charge in [-0.15, -0.1) is 0 Å². The van der Waals surface area contributed by atoms with Crippen LogP contribution in [0.2, 0.25) is 0 Å². The summed E-state index contributed by atoms with van der Waals surface area (Å²) in [5.41, 5.74) is 4.31. The van der Waals surface area contributed by atoms with E-state index in [-0.39, 0.29) is 5.41 Å². The third-order valence-corrected chi connectivity index (χ3v) is 4.32. The van der Waals surface area contributed by atoms with Crippen molar-refractivity contribution in [3.8, 4) is 0 Å². The SMILES string of the molecule is Cc1cc(N(C)C(C)C(C)(C)C)ccc1CBr. The fraction of sp³-hybridized carbons (Fsp3) is 0.600. The molecule has 0 spiro atoms. The first kappa shape index (κ1) is 14.6. The predicted octanol–water partition coefficient (Wildman–Crippen LogP) is 4.76. The van der Waals surface area contributed by atoms with Crippen LogP contribution in [0.3, 0.4) is 0 Å². The molecule has 1 aromatic carbocycles. The van der Waals surface area contributed by atoms with Gasteiger partial charge in [-0.3, -0.25) is 0 Å². The second-order valence-corrected chi connectivity index (χ2v) is 6.46. The van der Waals surface area contributed by atoms with Gasteiger partial charge in [-0.2, -0.15) is 0 Å². The molecule has 1 atom stereocenters. The van der Waals surface area contributed by atoms with E-state index in [0.29, 0.717) is 6.04 Å². The summed E-state index contributed by atoms with van der Waals surface area (Å²) in [6.45, 7) is 11.3. The standard InChI is InChI=1S/C15H24BrN/c1-11-9-14(8-7-13(11)10-16)17(6)12(2)15(3,4)5/h7-9,12H,10H2,1-6H3. The first-order valence-electron chi connectivity index (χ1n) is 6.15. The quantitative estimate of drug-likeness (QED) is 0.727. The molecule has 17 heavy (non-hydrogen) atoms. The Morgan fingerprint density at radius 3 is 2.29 bits per heavy atom. The van der Waals surface area contributed by atoms with E-state index in [2.05, 4.69) is 80.7 Å². The zero-order chi connectivity index (χ0) is 13.2. The van der Waals surface area contributed by atoms with Crippen molar-refractivity contribution in [1.82, 2.24) is 0 Å². The summed E-state index contributed by atoms with van der Waals surface area (Å²) in [6, 6.07) is 7.22. The summed E-state index contributed by atoms with van der Waals surface area (Å²) < 4.78 is 0. The highest BCUT2D eigenvalue weighted by Gasteiger charge is 2.24. The van der Waals surface area contributed by atoms with Crippen LogP contribution in [0.25, 0.3) is 0 Å². The largest absolute Gasteiger partial charge is 0.371 e. The summed E-state index contributed by atoms with van der Waals surface area (Å²) in [7, 11) is 2.18. The molecule has 0 N–H and O–H groups in total. The molecule has 2 heteroatoms. The number of nitrogens with zero attached hydrogens (tertiary/aromatic N) is 1. The molecule has 0 aromatic heterocycles. The second-order valence-electron chi connectivity index (χ2n) is 5.90. The topological polar surface area (TPSA) is 3.24 Å². The van der Waals surface area contributed by atoms with Gasteiger partial charge in [0, 0.05) is 24.1 Å². The molecule has 0 radical (unpaired) electrons. The lowest BCUT2D eigenvalue weighted by Crippen LogP contribution is -2.39. The summed E-state index contributed by atoms with van der Waals surface area (Å²) in [4.78, 5) is 2.37. The van der Waals surface area contributed by atoms with Gasteiger partial charge in [-0.05, 0) is 42.5 Å². The Morgan fingerprint density at radius 2 is 1.88 bits per heavy atom. The van der Waals surface area contributed by atoms with Gasteiger partial charge in [-0.25, -0.2) is 0 Å². The number of anilines is 1. The summed E-state index contributed by atoms with van der Waals surface area (Å²) in [5.74, 6) is 0. The molecule has 0 fully saturated rings. The average Bonchev–Trinajstić information content (AvgIpc) is 2.25. The summed E-state index contributed by atoms with van der Waals surface area (Å²) >= 11 is 3.52. The van der Waals surface area contributed by atoms with E-state index in [1.807, 2.05) is 0 Å². The molecule has 1 unspecified atom stereocenters. The zero-order valence-electron chi connectivity index (χ0n) is 11.8. The number of aryl methyl sites for hydroxylation is 1.